The molecule has 18 heavy (non-hydrogen) atoms. The van der Waals surface area contributed by atoms with Gasteiger partial charge in [-0.3, -0.25) is 0 Å². The van der Waals surface area contributed by atoms with Gasteiger partial charge in [-0.2, -0.15) is 0 Å². The van der Waals surface area contributed by atoms with Crippen LogP contribution >= 0.6 is 0 Å². The summed E-state index contributed by atoms with van der Waals surface area (Å²) in [5.41, 5.74) is 1.08. The van der Waals surface area contributed by atoms with Gasteiger partial charge in [-0.15, -0.1) is 0 Å². The van der Waals surface area contributed by atoms with Gasteiger partial charge in [0.1, 0.15) is 0 Å². The SMILES string of the molecule is CCCNC1CCCN(CC2C(C)(C)C2(C)C)C1. The molecule has 1 aliphatic heterocycles. The summed E-state index contributed by atoms with van der Waals surface area (Å²) >= 11 is 0. The van der Waals surface area contributed by atoms with Crippen molar-refractivity contribution in [2.45, 2.75) is 59.9 Å². The molecule has 2 aliphatic rings. The van der Waals surface area contributed by atoms with Crippen molar-refractivity contribution in [1.82, 2.24) is 10.2 Å². The Morgan fingerprint density at radius 2 is 1.83 bits per heavy atom. The maximum Gasteiger partial charge on any atom is 0.0195 e. The van der Waals surface area contributed by atoms with E-state index < -0.39 is 0 Å². The quantitative estimate of drug-likeness (QED) is 0.809. The summed E-state index contributed by atoms with van der Waals surface area (Å²) in [7, 11) is 0. The summed E-state index contributed by atoms with van der Waals surface area (Å²) in [5, 5.41) is 3.69. The van der Waals surface area contributed by atoms with E-state index in [1.54, 1.807) is 0 Å². The minimum atomic E-state index is 0.538. The Bertz CT molecular complexity index is 269. The van der Waals surface area contributed by atoms with E-state index in [4.69, 9.17) is 0 Å². The largest absolute Gasteiger partial charge is 0.313 e. The lowest BCUT2D eigenvalue weighted by molar-refractivity contribution is 0.175. The summed E-state index contributed by atoms with van der Waals surface area (Å²) in [5.74, 6) is 0.884. The maximum absolute atomic E-state index is 3.69. The molecule has 106 valence electrons. The van der Waals surface area contributed by atoms with Crippen LogP contribution < -0.4 is 5.32 Å². The van der Waals surface area contributed by atoms with Gasteiger partial charge in [0.25, 0.3) is 0 Å². The highest BCUT2D eigenvalue weighted by atomic mass is 15.2. The summed E-state index contributed by atoms with van der Waals surface area (Å²) in [6.07, 6.45) is 3.99. The van der Waals surface area contributed by atoms with Crippen molar-refractivity contribution in [2.75, 3.05) is 26.2 Å². The first-order chi connectivity index (χ1) is 8.39. The van der Waals surface area contributed by atoms with Gasteiger partial charge >= 0.3 is 0 Å². The first-order valence-electron chi connectivity index (χ1n) is 7.85. The van der Waals surface area contributed by atoms with Crippen molar-refractivity contribution >= 4 is 0 Å². The van der Waals surface area contributed by atoms with Crippen molar-refractivity contribution in [3.63, 3.8) is 0 Å². The fourth-order valence-electron chi connectivity index (χ4n) is 3.78. The van der Waals surface area contributed by atoms with E-state index in [2.05, 4.69) is 44.8 Å². The zero-order chi connectivity index (χ0) is 13.4. The summed E-state index contributed by atoms with van der Waals surface area (Å²) < 4.78 is 0. The smallest absolute Gasteiger partial charge is 0.0195 e. The predicted octanol–water partition coefficient (Wildman–Crippen LogP) is 3.13. The van der Waals surface area contributed by atoms with Crippen LogP contribution in [0.3, 0.4) is 0 Å². The van der Waals surface area contributed by atoms with E-state index >= 15 is 0 Å². The monoisotopic (exact) mass is 252 g/mol. The molecule has 1 saturated heterocycles. The van der Waals surface area contributed by atoms with E-state index in [1.165, 1.54) is 45.4 Å². The van der Waals surface area contributed by atoms with Crippen LogP contribution in [0.5, 0.6) is 0 Å². The molecule has 0 aromatic rings. The summed E-state index contributed by atoms with van der Waals surface area (Å²) in [4.78, 5) is 2.71. The van der Waals surface area contributed by atoms with Crippen LogP contribution in [0.2, 0.25) is 0 Å². The lowest BCUT2D eigenvalue weighted by Gasteiger charge is -2.33. The second-order valence-corrected chi connectivity index (χ2v) is 7.55. The number of likely N-dealkylation sites (tertiary alicyclic amines) is 1. The third kappa shape index (κ3) is 2.60. The topological polar surface area (TPSA) is 15.3 Å². The van der Waals surface area contributed by atoms with Gasteiger partial charge in [0.15, 0.2) is 0 Å². The molecular formula is C16H32N2. The lowest BCUT2D eigenvalue weighted by Crippen LogP contribution is -2.46. The zero-order valence-electron chi connectivity index (χ0n) is 13.1. The molecule has 2 heteroatoms. The molecule has 0 aromatic heterocycles. The highest BCUT2D eigenvalue weighted by molar-refractivity contribution is 5.13. The van der Waals surface area contributed by atoms with E-state index in [1.807, 2.05) is 0 Å². The van der Waals surface area contributed by atoms with Crippen LogP contribution in [-0.2, 0) is 0 Å². The number of nitrogens with zero attached hydrogens (tertiary/aromatic N) is 1. The minimum Gasteiger partial charge on any atom is -0.313 e. The first-order valence-corrected chi connectivity index (χ1v) is 7.85. The van der Waals surface area contributed by atoms with Crippen molar-refractivity contribution in [3.8, 4) is 0 Å². The molecule has 1 heterocycles. The maximum atomic E-state index is 3.69. The van der Waals surface area contributed by atoms with Gasteiger partial charge in [0.05, 0.1) is 0 Å². The molecule has 1 atom stereocenters. The van der Waals surface area contributed by atoms with Crippen LogP contribution in [0.15, 0.2) is 0 Å². The van der Waals surface area contributed by atoms with Crippen molar-refractivity contribution in [2.24, 2.45) is 16.7 Å². The molecule has 0 aromatic carbocycles. The number of hydrogen-bond donors (Lipinski definition) is 1. The fourth-order valence-corrected chi connectivity index (χ4v) is 3.78. The van der Waals surface area contributed by atoms with Crippen LogP contribution in [0, 0.1) is 16.7 Å². The third-order valence-corrected chi connectivity index (χ3v) is 5.95. The van der Waals surface area contributed by atoms with E-state index in [-0.39, 0.29) is 0 Å². The van der Waals surface area contributed by atoms with Gasteiger partial charge in [0, 0.05) is 19.1 Å². The predicted molar refractivity (Wildman–Crippen MR) is 78.8 cm³/mol. The number of nitrogens with one attached hydrogen (secondary N) is 1. The first kappa shape index (κ1) is 14.3. The highest BCUT2D eigenvalue weighted by Crippen LogP contribution is 2.68. The minimum absolute atomic E-state index is 0.538. The molecule has 1 N–H and O–H groups in total. The molecule has 2 rings (SSSR count). The third-order valence-electron chi connectivity index (χ3n) is 5.95. The average molecular weight is 252 g/mol. The molecule has 0 radical (unpaired) electrons. The Hall–Kier alpha value is -0.0800. The van der Waals surface area contributed by atoms with Gasteiger partial charge in [0.2, 0.25) is 0 Å². The second kappa shape index (κ2) is 5.13. The Morgan fingerprint density at radius 3 is 2.39 bits per heavy atom. The van der Waals surface area contributed by atoms with Crippen LogP contribution in [0.1, 0.15) is 53.9 Å². The van der Waals surface area contributed by atoms with Gasteiger partial charge in [-0.25, -0.2) is 0 Å². The molecule has 2 fully saturated rings. The highest BCUT2D eigenvalue weighted by Gasteiger charge is 2.64. The number of hydrogen-bond acceptors (Lipinski definition) is 2. The Labute approximate surface area is 114 Å². The normalized spacial score (nSPS) is 31.5. The van der Waals surface area contributed by atoms with E-state index in [0.717, 1.165) is 12.0 Å². The Balaban J connectivity index is 1.80. The molecule has 0 bridgehead atoms. The Morgan fingerprint density at radius 1 is 1.17 bits per heavy atom. The lowest BCUT2D eigenvalue weighted by atomic mass is 10.0. The fraction of sp³-hybridized carbons (Fsp3) is 1.00. The zero-order valence-corrected chi connectivity index (χ0v) is 13.1. The van der Waals surface area contributed by atoms with Gasteiger partial charge < -0.3 is 10.2 Å². The van der Waals surface area contributed by atoms with Gasteiger partial charge in [-0.1, -0.05) is 34.6 Å². The van der Waals surface area contributed by atoms with Crippen molar-refractivity contribution in [1.29, 1.82) is 0 Å². The van der Waals surface area contributed by atoms with Crippen LogP contribution in [0.4, 0.5) is 0 Å². The molecule has 0 spiro atoms. The molecule has 0 amide bonds. The van der Waals surface area contributed by atoms with Crippen LogP contribution in [-0.4, -0.2) is 37.1 Å². The van der Waals surface area contributed by atoms with Crippen LogP contribution in [0.25, 0.3) is 0 Å². The molecule has 1 saturated carbocycles. The van der Waals surface area contributed by atoms with Crippen molar-refractivity contribution < 1.29 is 0 Å². The van der Waals surface area contributed by atoms with E-state index in [0.29, 0.717) is 10.8 Å². The summed E-state index contributed by atoms with van der Waals surface area (Å²) in [6, 6.07) is 0.740. The average Bonchev–Trinajstić information content (AvgIpc) is 2.70. The molecular weight excluding hydrogens is 220 g/mol. The van der Waals surface area contributed by atoms with Gasteiger partial charge in [-0.05, 0) is 49.1 Å². The van der Waals surface area contributed by atoms with E-state index in [9.17, 15) is 0 Å². The molecule has 1 aliphatic carbocycles. The summed E-state index contributed by atoms with van der Waals surface area (Å²) in [6.45, 7) is 17.1. The molecule has 2 nitrogen and oxygen atoms in total. The molecule has 1 unspecified atom stereocenters. The standard InChI is InChI=1S/C16H32N2/c1-6-9-17-13-8-7-10-18(11-13)12-14-15(2,3)16(14,4)5/h13-14,17H,6-12H2,1-5H3. The Kier molecular flexibility index (Phi) is 4.08. The van der Waals surface area contributed by atoms with Crippen molar-refractivity contribution in [3.05, 3.63) is 0 Å². The number of rotatable bonds is 5. The second-order valence-electron chi connectivity index (χ2n) is 7.55. The number of piperidine rings is 1.